The first kappa shape index (κ1) is 18.2. The van der Waals surface area contributed by atoms with E-state index in [9.17, 15) is 9.18 Å². The van der Waals surface area contributed by atoms with Crippen LogP contribution in [0, 0.1) is 5.82 Å². The van der Waals surface area contributed by atoms with E-state index in [1.54, 1.807) is 12.1 Å². The van der Waals surface area contributed by atoms with Crippen molar-refractivity contribution in [3.63, 3.8) is 0 Å². The Morgan fingerprint density at radius 3 is 2.71 bits per heavy atom. The fourth-order valence-electron chi connectivity index (χ4n) is 2.72. The van der Waals surface area contributed by atoms with Crippen LogP contribution in [0.5, 0.6) is 0 Å². The van der Waals surface area contributed by atoms with E-state index >= 15 is 0 Å². The fourth-order valence-corrected chi connectivity index (χ4v) is 2.72. The van der Waals surface area contributed by atoms with Crippen molar-refractivity contribution in [2.75, 3.05) is 24.5 Å². The number of carbonyl (C=O) groups is 1. The predicted molar refractivity (Wildman–Crippen MR) is 95.9 cm³/mol. The molecule has 0 unspecified atom stereocenters. The summed E-state index contributed by atoms with van der Waals surface area (Å²) in [6.45, 7) is 3.19. The van der Waals surface area contributed by atoms with E-state index in [2.05, 4.69) is 27.7 Å². The molecule has 6 heteroatoms. The zero-order chi connectivity index (χ0) is 16.1. The summed E-state index contributed by atoms with van der Waals surface area (Å²) in [6.07, 6.45) is 0. The molecule has 3 rings (SSSR count). The summed E-state index contributed by atoms with van der Waals surface area (Å²) in [4.78, 5) is 14.3. The van der Waals surface area contributed by atoms with Crippen LogP contribution in [0.15, 0.2) is 48.5 Å². The van der Waals surface area contributed by atoms with Gasteiger partial charge in [-0.1, -0.05) is 30.3 Å². The molecule has 0 fully saturated rings. The van der Waals surface area contributed by atoms with Crippen LogP contribution in [0.4, 0.5) is 10.1 Å². The van der Waals surface area contributed by atoms with Gasteiger partial charge in [-0.25, -0.2) is 4.39 Å². The molecular formula is C18H21ClFN3O. The Kier molecular flexibility index (Phi) is 6.58. The van der Waals surface area contributed by atoms with Crippen molar-refractivity contribution in [1.29, 1.82) is 0 Å². The Bertz CT molecular complexity index is 678. The zero-order valence-corrected chi connectivity index (χ0v) is 14.1. The van der Waals surface area contributed by atoms with Gasteiger partial charge < -0.3 is 15.5 Å². The maximum atomic E-state index is 12.9. The number of amides is 1. The van der Waals surface area contributed by atoms with Gasteiger partial charge in [0.05, 0.1) is 6.54 Å². The molecule has 0 spiro atoms. The molecule has 0 aliphatic carbocycles. The molecule has 1 heterocycles. The number of benzene rings is 2. The molecular weight excluding hydrogens is 329 g/mol. The summed E-state index contributed by atoms with van der Waals surface area (Å²) in [6, 6.07) is 14.3. The second kappa shape index (κ2) is 8.66. The summed E-state index contributed by atoms with van der Waals surface area (Å²) in [5.74, 6) is -0.306. The van der Waals surface area contributed by atoms with E-state index in [0.29, 0.717) is 13.1 Å². The molecule has 1 aliphatic heterocycles. The van der Waals surface area contributed by atoms with Crippen LogP contribution in [0.3, 0.4) is 0 Å². The minimum atomic E-state index is -0.270. The van der Waals surface area contributed by atoms with E-state index in [4.69, 9.17) is 0 Å². The van der Waals surface area contributed by atoms with Gasteiger partial charge in [-0.05, 0) is 29.3 Å². The highest BCUT2D eigenvalue weighted by Crippen LogP contribution is 2.21. The average molecular weight is 350 g/mol. The molecule has 0 saturated heterocycles. The Balaban J connectivity index is 0.00000208. The van der Waals surface area contributed by atoms with Crippen molar-refractivity contribution in [2.45, 2.75) is 13.1 Å². The molecule has 2 N–H and O–H groups in total. The smallest absolute Gasteiger partial charge is 0.239 e. The molecule has 4 nitrogen and oxygen atoms in total. The molecule has 0 aromatic heterocycles. The monoisotopic (exact) mass is 349 g/mol. The molecule has 0 bridgehead atoms. The summed E-state index contributed by atoms with van der Waals surface area (Å²) in [5, 5.41) is 6.25. The van der Waals surface area contributed by atoms with Gasteiger partial charge in [0.1, 0.15) is 5.82 Å². The maximum absolute atomic E-state index is 12.9. The predicted octanol–water partition coefficient (Wildman–Crippen LogP) is 2.47. The standard InChI is InChI=1S/C18H20FN3O.ClH/c19-16-7-5-14(6-8-16)11-21-18(23)13-22-10-9-20-12-15-3-1-2-4-17(15)22;/h1-8,20H,9-13H2,(H,21,23);1H. The van der Waals surface area contributed by atoms with Gasteiger partial charge in [0.15, 0.2) is 0 Å². The molecule has 1 amide bonds. The first-order valence-electron chi connectivity index (χ1n) is 7.77. The number of halogens is 2. The number of nitrogens with one attached hydrogen (secondary N) is 2. The number of nitrogens with zero attached hydrogens (tertiary/aromatic N) is 1. The Labute approximate surface area is 147 Å². The Morgan fingerprint density at radius 2 is 1.92 bits per heavy atom. The van der Waals surface area contributed by atoms with Crippen molar-refractivity contribution >= 4 is 24.0 Å². The summed E-state index contributed by atoms with van der Waals surface area (Å²) < 4.78 is 12.9. The highest BCUT2D eigenvalue weighted by Gasteiger charge is 2.16. The molecule has 1 aliphatic rings. The Morgan fingerprint density at radius 1 is 1.17 bits per heavy atom. The van der Waals surface area contributed by atoms with Gasteiger partial charge in [0.2, 0.25) is 5.91 Å². The lowest BCUT2D eigenvalue weighted by Crippen LogP contribution is -2.39. The number of fused-ring (bicyclic) bond motifs is 1. The molecule has 0 atom stereocenters. The van der Waals surface area contributed by atoms with Gasteiger partial charge in [-0.2, -0.15) is 0 Å². The molecule has 128 valence electrons. The number of rotatable bonds is 4. The summed E-state index contributed by atoms with van der Waals surface area (Å²) in [5.41, 5.74) is 3.20. The second-order valence-corrected chi connectivity index (χ2v) is 5.63. The largest absolute Gasteiger partial charge is 0.361 e. The molecule has 0 saturated carbocycles. The topological polar surface area (TPSA) is 44.4 Å². The molecule has 24 heavy (non-hydrogen) atoms. The maximum Gasteiger partial charge on any atom is 0.239 e. The first-order chi connectivity index (χ1) is 11.2. The van der Waals surface area contributed by atoms with Crippen molar-refractivity contribution < 1.29 is 9.18 Å². The fraction of sp³-hybridized carbons (Fsp3) is 0.278. The van der Waals surface area contributed by atoms with E-state index in [1.807, 2.05) is 12.1 Å². The van der Waals surface area contributed by atoms with Gasteiger partial charge in [-0.15, -0.1) is 12.4 Å². The van der Waals surface area contributed by atoms with Gasteiger partial charge in [-0.3, -0.25) is 4.79 Å². The van der Waals surface area contributed by atoms with Crippen LogP contribution in [0.1, 0.15) is 11.1 Å². The minimum absolute atomic E-state index is 0. The third kappa shape index (κ3) is 4.69. The third-order valence-corrected chi connectivity index (χ3v) is 3.94. The van der Waals surface area contributed by atoms with Crippen molar-refractivity contribution in [1.82, 2.24) is 10.6 Å². The normalized spacial score (nSPS) is 13.5. The molecule has 0 radical (unpaired) electrons. The average Bonchev–Trinajstić information content (AvgIpc) is 2.77. The van der Waals surface area contributed by atoms with Gasteiger partial charge in [0, 0.05) is 31.9 Å². The van der Waals surface area contributed by atoms with Crippen LogP contribution < -0.4 is 15.5 Å². The summed E-state index contributed by atoms with van der Waals surface area (Å²) in [7, 11) is 0. The lowest BCUT2D eigenvalue weighted by atomic mass is 10.1. The van der Waals surface area contributed by atoms with E-state index < -0.39 is 0 Å². The van der Waals surface area contributed by atoms with E-state index in [0.717, 1.165) is 30.9 Å². The van der Waals surface area contributed by atoms with Gasteiger partial charge >= 0.3 is 0 Å². The van der Waals surface area contributed by atoms with Crippen LogP contribution in [-0.2, 0) is 17.9 Å². The van der Waals surface area contributed by atoms with Crippen molar-refractivity contribution in [2.24, 2.45) is 0 Å². The molecule has 2 aromatic rings. The van der Waals surface area contributed by atoms with Crippen molar-refractivity contribution in [3.8, 4) is 0 Å². The SMILES string of the molecule is Cl.O=C(CN1CCNCc2ccccc21)NCc1ccc(F)cc1. The third-order valence-electron chi connectivity index (χ3n) is 3.94. The number of anilines is 1. The van der Waals surface area contributed by atoms with Crippen LogP contribution >= 0.6 is 12.4 Å². The highest BCUT2D eigenvalue weighted by molar-refractivity contribution is 5.85. The Hall–Kier alpha value is -2.11. The van der Waals surface area contributed by atoms with Crippen LogP contribution in [0.2, 0.25) is 0 Å². The molecule has 2 aromatic carbocycles. The van der Waals surface area contributed by atoms with Crippen LogP contribution in [-0.4, -0.2) is 25.5 Å². The van der Waals surface area contributed by atoms with Crippen molar-refractivity contribution in [3.05, 3.63) is 65.5 Å². The zero-order valence-electron chi connectivity index (χ0n) is 13.3. The minimum Gasteiger partial charge on any atom is -0.361 e. The van der Waals surface area contributed by atoms with Crippen LogP contribution in [0.25, 0.3) is 0 Å². The van der Waals surface area contributed by atoms with E-state index in [1.165, 1.54) is 17.7 Å². The first-order valence-corrected chi connectivity index (χ1v) is 7.77. The number of para-hydroxylation sites is 1. The van der Waals surface area contributed by atoms with E-state index in [-0.39, 0.29) is 24.1 Å². The summed E-state index contributed by atoms with van der Waals surface area (Å²) >= 11 is 0. The second-order valence-electron chi connectivity index (χ2n) is 5.63. The van der Waals surface area contributed by atoms with Gasteiger partial charge in [0.25, 0.3) is 0 Å². The number of hydrogen-bond donors (Lipinski definition) is 2. The number of hydrogen-bond acceptors (Lipinski definition) is 3. The highest BCUT2D eigenvalue weighted by atomic mass is 35.5. The lowest BCUT2D eigenvalue weighted by molar-refractivity contribution is -0.119. The lowest BCUT2D eigenvalue weighted by Gasteiger charge is -2.23. The number of carbonyl (C=O) groups excluding carboxylic acids is 1. The quantitative estimate of drug-likeness (QED) is 0.891.